The molecule has 0 aromatic heterocycles. The number of benzene rings is 1. The molecule has 1 saturated heterocycles. The molecule has 1 heterocycles. The zero-order valence-corrected chi connectivity index (χ0v) is 11.4. The monoisotopic (exact) mass is 276 g/mol. The summed E-state index contributed by atoms with van der Waals surface area (Å²) in [7, 11) is 2.78. The van der Waals surface area contributed by atoms with Gasteiger partial charge in [0.25, 0.3) is 5.91 Å². The molecule has 1 aromatic carbocycles. The summed E-state index contributed by atoms with van der Waals surface area (Å²) >= 11 is 0. The lowest BCUT2D eigenvalue weighted by molar-refractivity contribution is -0.117. The van der Waals surface area contributed by atoms with Crippen LogP contribution in [-0.2, 0) is 9.53 Å². The number of esters is 1. The summed E-state index contributed by atoms with van der Waals surface area (Å²) in [6.45, 7) is 0.594. The molecule has 0 radical (unpaired) electrons. The number of anilines is 1. The molecule has 2 rings (SSSR count). The Balaban J connectivity index is 2.47. The van der Waals surface area contributed by atoms with Crippen LogP contribution in [0.5, 0.6) is 0 Å². The van der Waals surface area contributed by atoms with Crippen LogP contribution in [0.1, 0.15) is 33.6 Å². The second kappa shape index (κ2) is 5.73. The molecule has 0 spiro atoms. The second-order valence-corrected chi connectivity index (χ2v) is 4.49. The van der Waals surface area contributed by atoms with E-state index in [1.807, 2.05) is 0 Å². The van der Waals surface area contributed by atoms with E-state index >= 15 is 0 Å². The number of hydrogen-bond donors (Lipinski definition) is 1. The van der Waals surface area contributed by atoms with Gasteiger partial charge in [-0.25, -0.2) is 4.79 Å². The lowest BCUT2D eigenvalue weighted by Gasteiger charge is -2.17. The van der Waals surface area contributed by atoms with E-state index in [2.05, 4.69) is 10.1 Å². The predicted octanol–water partition coefficient (Wildman–Crippen LogP) is 0.960. The molecule has 0 unspecified atom stereocenters. The van der Waals surface area contributed by atoms with Gasteiger partial charge in [-0.2, -0.15) is 0 Å². The molecule has 20 heavy (non-hydrogen) atoms. The third-order valence-corrected chi connectivity index (χ3v) is 3.21. The highest BCUT2D eigenvalue weighted by Gasteiger charge is 2.24. The van der Waals surface area contributed by atoms with E-state index in [9.17, 15) is 14.4 Å². The maximum atomic E-state index is 11.8. The van der Waals surface area contributed by atoms with Crippen LogP contribution in [0.15, 0.2) is 18.2 Å². The second-order valence-electron chi connectivity index (χ2n) is 4.49. The Morgan fingerprint density at radius 2 is 1.95 bits per heavy atom. The van der Waals surface area contributed by atoms with E-state index < -0.39 is 5.97 Å². The SMILES string of the molecule is CNC(=O)c1cc(C(=O)OC)cc(N2CCCC2=O)c1. The first-order chi connectivity index (χ1) is 9.56. The summed E-state index contributed by atoms with van der Waals surface area (Å²) in [6.07, 6.45) is 1.26. The van der Waals surface area contributed by atoms with Crippen molar-refractivity contribution in [3.05, 3.63) is 29.3 Å². The lowest BCUT2D eigenvalue weighted by Crippen LogP contribution is -2.25. The van der Waals surface area contributed by atoms with Crippen LogP contribution in [0.2, 0.25) is 0 Å². The van der Waals surface area contributed by atoms with Crippen molar-refractivity contribution in [3.8, 4) is 0 Å². The van der Waals surface area contributed by atoms with Gasteiger partial charge in [0, 0.05) is 31.3 Å². The fourth-order valence-electron chi connectivity index (χ4n) is 2.20. The van der Waals surface area contributed by atoms with Crippen molar-refractivity contribution in [3.63, 3.8) is 0 Å². The number of carbonyl (C=O) groups is 3. The zero-order chi connectivity index (χ0) is 14.7. The van der Waals surface area contributed by atoms with E-state index in [-0.39, 0.29) is 17.4 Å². The van der Waals surface area contributed by atoms with Crippen LogP contribution in [0, 0.1) is 0 Å². The van der Waals surface area contributed by atoms with Gasteiger partial charge in [0.15, 0.2) is 0 Å². The van der Waals surface area contributed by atoms with Gasteiger partial charge >= 0.3 is 5.97 Å². The van der Waals surface area contributed by atoms with Crippen molar-refractivity contribution in [2.45, 2.75) is 12.8 Å². The number of carbonyl (C=O) groups excluding carboxylic acids is 3. The number of nitrogens with zero attached hydrogens (tertiary/aromatic N) is 1. The Bertz CT molecular complexity index is 534. The van der Waals surface area contributed by atoms with E-state index in [0.717, 1.165) is 6.42 Å². The summed E-state index contributed by atoms with van der Waals surface area (Å²) in [5.74, 6) is -0.859. The molecule has 106 valence electrons. The van der Waals surface area contributed by atoms with Crippen LogP contribution in [0.25, 0.3) is 0 Å². The zero-order valence-electron chi connectivity index (χ0n) is 11.4. The highest BCUT2D eigenvalue weighted by molar-refractivity contribution is 6.02. The number of ether oxygens (including phenoxy) is 1. The summed E-state index contributed by atoms with van der Waals surface area (Å²) < 4.78 is 4.68. The van der Waals surface area contributed by atoms with Crippen molar-refractivity contribution in [1.29, 1.82) is 0 Å². The first-order valence-electron chi connectivity index (χ1n) is 6.32. The van der Waals surface area contributed by atoms with Gasteiger partial charge in [-0.1, -0.05) is 0 Å². The van der Waals surface area contributed by atoms with Gasteiger partial charge in [-0.3, -0.25) is 9.59 Å². The van der Waals surface area contributed by atoms with Crippen LogP contribution in [0.3, 0.4) is 0 Å². The Hall–Kier alpha value is -2.37. The number of nitrogens with one attached hydrogen (secondary N) is 1. The van der Waals surface area contributed by atoms with Gasteiger partial charge in [-0.05, 0) is 24.6 Å². The maximum absolute atomic E-state index is 11.8. The highest BCUT2D eigenvalue weighted by Crippen LogP contribution is 2.24. The molecule has 1 aliphatic rings. The van der Waals surface area contributed by atoms with Crippen LogP contribution < -0.4 is 10.2 Å². The van der Waals surface area contributed by atoms with Crippen LogP contribution >= 0.6 is 0 Å². The minimum Gasteiger partial charge on any atom is -0.465 e. The van der Waals surface area contributed by atoms with Gasteiger partial charge in [0.05, 0.1) is 12.7 Å². The van der Waals surface area contributed by atoms with Gasteiger partial charge in [-0.15, -0.1) is 0 Å². The smallest absolute Gasteiger partial charge is 0.337 e. The van der Waals surface area contributed by atoms with Crippen LogP contribution in [-0.4, -0.2) is 38.5 Å². The Morgan fingerprint density at radius 3 is 2.50 bits per heavy atom. The van der Waals surface area contributed by atoms with Crippen molar-refractivity contribution >= 4 is 23.5 Å². The summed E-state index contributed by atoms with van der Waals surface area (Å²) in [5, 5.41) is 2.50. The molecule has 1 aliphatic heterocycles. The van der Waals surface area contributed by atoms with E-state index in [4.69, 9.17) is 0 Å². The quantitative estimate of drug-likeness (QED) is 0.834. The minimum atomic E-state index is -0.538. The normalized spacial score (nSPS) is 14.3. The molecule has 6 nitrogen and oxygen atoms in total. The topological polar surface area (TPSA) is 75.7 Å². The Kier molecular flexibility index (Phi) is 4.02. The lowest BCUT2D eigenvalue weighted by atomic mass is 10.1. The van der Waals surface area contributed by atoms with Gasteiger partial charge in [0.1, 0.15) is 0 Å². The molecule has 1 N–H and O–H groups in total. The molecule has 0 atom stereocenters. The van der Waals surface area contributed by atoms with E-state index in [0.29, 0.717) is 24.2 Å². The first kappa shape index (κ1) is 14.0. The van der Waals surface area contributed by atoms with Crippen molar-refractivity contribution in [1.82, 2.24) is 5.32 Å². The molecular weight excluding hydrogens is 260 g/mol. The third-order valence-electron chi connectivity index (χ3n) is 3.21. The fraction of sp³-hybridized carbons (Fsp3) is 0.357. The van der Waals surface area contributed by atoms with Crippen molar-refractivity contribution in [2.24, 2.45) is 0 Å². The average molecular weight is 276 g/mol. The van der Waals surface area contributed by atoms with Crippen molar-refractivity contribution in [2.75, 3.05) is 25.6 Å². The Labute approximate surface area is 116 Å². The van der Waals surface area contributed by atoms with Gasteiger partial charge in [0.2, 0.25) is 5.91 Å². The molecular formula is C14H16N2O4. The molecule has 6 heteroatoms. The molecule has 2 amide bonds. The molecule has 1 aromatic rings. The predicted molar refractivity (Wildman–Crippen MR) is 72.8 cm³/mol. The minimum absolute atomic E-state index is 0.00475. The molecule has 1 fully saturated rings. The third kappa shape index (κ3) is 2.64. The summed E-state index contributed by atoms with van der Waals surface area (Å²) in [6, 6.07) is 4.63. The summed E-state index contributed by atoms with van der Waals surface area (Å²) in [4.78, 5) is 36.8. The number of rotatable bonds is 3. The number of hydrogen-bond acceptors (Lipinski definition) is 4. The number of methoxy groups -OCH3 is 1. The number of amides is 2. The van der Waals surface area contributed by atoms with E-state index in [1.54, 1.807) is 17.0 Å². The molecule has 0 aliphatic carbocycles. The van der Waals surface area contributed by atoms with Gasteiger partial charge < -0.3 is 15.0 Å². The van der Waals surface area contributed by atoms with Crippen molar-refractivity contribution < 1.29 is 19.1 Å². The van der Waals surface area contributed by atoms with Crippen LogP contribution in [0.4, 0.5) is 5.69 Å². The first-order valence-corrected chi connectivity index (χ1v) is 6.32. The van der Waals surface area contributed by atoms with E-state index in [1.165, 1.54) is 20.2 Å². The highest BCUT2D eigenvalue weighted by atomic mass is 16.5. The largest absolute Gasteiger partial charge is 0.465 e. The average Bonchev–Trinajstić information content (AvgIpc) is 2.91. The fourth-order valence-corrected chi connectivity index (χ4v) is 2.20. The summed E-state index contributed by atoms with van der Waals surface area (Å²) in [5.41, 5.74) is 1.13. The molecule has 0 bridgehead atoms. The Morgan fingerprint density at radius 1 is 1.25 bits per heavy atom. The standard InChI is InChI=1S/C14H16N2O4/c1-15-13(18)9-6-10(14(19)20-2)8-11(7-9)16-5-3-4-12(16)17/h6-8H,3-5H2,1-2H3,(H,15,18). The molecule has 0 saturated carbocycles. The maximum Gasteiger partial charge on any atom is 0.337 e.